The fourth-order valence-corrected chi connectivity index (χ4v) is 2.61. The molecule has 0 unspecified atom stereocenters. The van der Waals surface area contributed by atoms with E-state index in [1.807, 2.05) is 41.6 Å². The van der Waals surface area contributed by atoms with Gasteiger partial charge in [-0.1, -0.05) is 0 Å². The van der Waals surface area contributed by atoms with E-state index in [-0.39, 0.29) is 5.75 Å². The molecule has 0 bridgehead atoms. The van der Waals surface area contributed by atoms with Gasteiger partial charge in [-0.05, 0) is 56.7 Å². The van der Waals surface area contributed by atoms with E-state index in [9.17, 15) is 9.90 Å². The van der Waals surface area contributed by atoms with Crippen molar-refractivity contribution in [3.05, 3.63) is 43.6 Å². The lowest BCUT2D eigenvalue weighted by Gasteiger charge is -2.07. The van der Waals surface area contributed by atoms with Crippen molar-refractivity contribution in [3.63, 3.8) is 0 Å². The summed E-state index contributed by atoms with van der Waals surface area (Å²) in [4.78, 5) is 13.7. The second-order valence-corrected chi connectivity index (χ2v) is 6.58. The van der Waals surface area contributed by atoms with E-state index in [4.69, 9.17) is 4.42 Å². The second kappa shape index (κ2) is 7.14. The zero-order chi connectivity index (χ0) is 16.3. The van der Waals surface area contributed by atoms with Crippen LogP contribution in [-0.2, 0) is 0 Å². The number of nitrogens with one attached hydrogen (secondary N) is 1. The fourth-order valence-electron chi connectivity index (χ4n) is 1.62. The Morgan fingerprint density at radius 3 is 2.77 bits per heavy atom. The lowest BCUT2D eigenvalue weighted by atomic mass is 10.2. The van der Waals surface area contributed by atoms with Gasteiger partial charge in [-0.15, -0.1) is 0 Å². The number of rotatable bonds is 4. The molecule has 0 saturated carbocycles. The SMILES string of the molecule is CN(C)c1oc(/C=N\NC(=O)c2ccc(I)c(O)c2)cc1Br. The normalized spacial score (nSPS) is 10.9. The van der Waals surface area contributed by atoms with E-state index >= 15 is 0 Å². The highest BCUT2D eigenvalue weighted by molar-refractivity contribution is 14.1. The molecule has 1 amide bonds. The highest BCUT2D eigenvalue weighted by Gasteiger charge is 2.10. The average molecular weight is 478 g/mol. The summed E-state index contributed by atoms with van der Waals surface area (Å²) in [5.74, 6) is 0.806. The standard InChI is InChI=1S/C14H13BrIN3O3/c1-19(2)14-10(15)6-9(22-14)7-17-18-13(21)8-3-4-11(16)12(20)5-8/h3-7,20H,1-2H3,(H,18,21)/b17-7-. The molecule has 22 heavy (non-hydrogen) atoms. The van der Waals surface area contributed by atoms with Gasteiger partial charge in [-0.2, -0.15) is 5.10 Å². The van der Waals surface area contributed by atoms with Crippen LogP contribution >= 0.6 is 38.5 Å². The van der Waals surface area contributed by atoms with Gasteiger partial charge < -0.3 is 14.4 Å². The molecule has 0 atom stereocenters. The van der Waals surface area contributed by atoms with Gasteiger partial charge in [0.25, 0.3) is 5.91 Å². The van der Waals surface area contributed by atoms with Gasteiger partial charge >= 0.3 is 0 Å². The van der Waals surface area contributed by atoms with E-state index < -0.39 is 5.91 Å². The smallest absolute Gasteiger partial charge is 0.271 e. The highest BCUT2D eigenvalue weighted by atomic mass is 127. The Morgan fingerprint density at radius 2 is 2.18 bits per heavy atom. The van der Waals surface area contributed by atoms with Crippen LogP contribution in [0.2, 0.25) is 0 Å². The van der Waals surface area contributed by atoms with Gasteiger partial charge in [-0.3, -0.25) is 4.79 Å². The first-order chi connectivity index (χ1) is 10.4. The lowest BCUT2D eigenvalue weighted by molar-refractivity contribution is 0.0954. The number of hydrazone groups is 1. The summed E-state index contributed by atoms with van der Waals surface area (Å²) >= 11 is 5.36. The summed E-state index contributed by atoms with van der Waals surface area (Å²) in [6, 6.07) is 6.41. The third kappa shape index (κ3) is 4.01. The van der Waals surface area contributed by atoms with Crippen LogP contribution in [0.1, 0.15) is 16.1 Å². The van der Waals surface area contributed by atoms with Gasteiger partial charge in [-0.25, -0.2) is 5.43 Å². The van der Waals surface area contributed by atoms with Crippen molar-refractivity contribution in [1.82, 2.24) is 5.43 Å². The highest BCUT2D eigenvalue weighted by Crippen LogP contribution is 2.27. The predicted molar refractivity (Wildman–Crippen MR) is 96.6 cm³/mol. The molecule has 1 aromatic carbocycles. The zero-order valence-electron chi connectivity index (χ0n) is 11.8. The Hall–Kier alpha value is -1.55. The van der Waals surface area contributed by atoms with Crippen LogP contribution in [0, 0.1) is 3.57 Å². The summed E-state index contributed by atoms with van der Waals surface area (Å²) in [6.07, 6.45) is 1.40. The molecule has 0 saturated heterocycles. The van der Waals surface area contributed by atoms with E-state index in [2.05, 4.69) is 26.5 Å². The molecule has 0 aliphatic rings. The maximum atomic E-state index is 11.9. The Bertz CT molecular complexity index is 728. The Balaban J connectivity index is 2.04. The van der Waals surface area contributed by atoms with Gasteiger partial charge in [0.2, 0.25) is 5.88 Å². The van der Waals surface area contributed by atoms with Crippen LogP contribution in [0.4, 0.5) is 5.88 Å². The topological polar surface area (TPSA) is 78.1 Å². The van der Waals surface area contributed by atoms with Crippen LogP contribution in [0.15, 0.2) is 38.3 Å². The summed E-state index contributed by atoms with van der Waals surface area (Å²) < 4.78 is 7.01. The number of anilines is 1. The number of carbonyl (C=O) groups excluding carboxylic acids is 1. The molecular weight excluding hydrogens is 465 g/mol. The molecule has 2 rings (SSSR count). The van der Waals surface area contributed by atoms with E-state index in [1.54, 1.807) is 18.2 Å². The third-order valence-corrected chi connectivity index (χ3v) is 4.14. The number of carbonyl (C=O) groups is 1. The predicted octanol–water partition coefficient (Wildman–Crippen LogP) is 3.18. The number of halogens is 2. The minimum absolute atomic E-state index is 0.0582. The third-order valence-electron chi connectivity index (χ3n) is 2.66. The van der Waals surface area contributed by atoms with Crippen molar-refractivity contribution in [2.45, 2.75) is 0 Å². The van der Waals surface area contributed by atoms with E-state index in [1.165, 1.54) is 12.3 Å². The van der Waals surface area contributed by atoms with Crippen molar-refractivity contribution in [1.29, 1.82) is 0 Å². The van der Waals surface area contributed by atoms with Gasteiger partial charge in [0.1, 0.15) is 5.75 Å². The molecule has 0 aliphatic heterocycles. The monoisotopic (exact) mass is 477 g/mol. The number of furan rings is 1. The molecule has 2 N–H and O–H groups in total. The average Bonchev–Trinajstić information content (AvgIpc) is 2.83. The Kier molecular flexibility index (Phi) is 5.46. The molecule has 0 radical (unpaired) electrons. The lowest BCUT2D eigenvalue weighted by Crippen LogP contribution is -2.17. The number of amides is 1. The number of phenolic OH excluding ortho intramolecular Hbond substituents is 1. The van der Waals surface area contributed by atoms with E-state index in [0.29, 0.717) is 20.8 Å². The van der Waals surface area contributed by atoms with Crippen molar-refractivity contribution < 1.29 is 14.3 Å². The Morgan fingerprint density at radius 1 is 1.45 bits per heavy atom. The first-order valence-electron chi connectivity index (χ1n) is 6.17. The fraction of sp³-hybridized carbons (Fsp3) is 0.143. The van der Waals surface area contributed by atoms with Crippen LogP contribution in [-0.4, -0.2) is 31.3 Å². The van der Waals surface area contributed by atoms with E-state index in [0.717, 1.165) is 4.47 Å². The number of hydrogen-bond acceptors (Lipinski definition) is 5. The summed E-state index contributed by atoms with van der Waals surface area (Å²) in [7, 11) is 3.71. The molecule has 0 spiro atoms. The number of phenols is 1. The van der Waals surface area contributed by atoms with Crippen LogP contribution < -0.4 is 10.3 Å². The number of benzene rings is 1. The van der Waals surface area contributed by atoms with Crippen molar-refractivity contribution in [2.24, 2.45) is 5.10 Å². The number of nitrogens with zero attached hydrogens (tertiary/aromatic N) is 2. The molecule has 0 aliphatic carbocycles. The van der Waals surface area contributed by atoms with Crippen LogP contribution in [0.25, 0.3) is 0 Å². The minimum Gasteiger partial charge on any atom is -0.507 e. The maximum absolute atomic E-state index is 11.9. The maximum Gasteiger partial charge on any atom is 0.271 e. The van der Waals surface area contributed by atoms with Gasteiger partial charge in [0.15, 0.2) is 5.76 Å². The molecule has 0 fully saturated rings. The van der Waals surface area contributed by atoms with Gasteiger partial charge in [0, 0.05) is 25.7 Å². The number of aromatic hydroxyl groups is 1. The molecule has 8 heteroatoms. The van der Waals surface area contributed by atoms with Crippen molar-refractivity contribution >= 4 is 56.5 Å². The summed E-state index contributed by atoms with van der Waals surface area (Å²) in [5.41, 5.74) is 2.70. The molecule has 6 nitrogen and oxygen atoms in total. The largest absolute Gasteiger partial charge is 0.507 e. The summed E-state index contributed by atoms with van der Waals surface area (Å²) in [5, 5.41) is 13.4. The first-order valence-corrected chi connectivity index (χ1v) is 8.04. The zero-order valence-corrected chi connectivity index (χ0v) is 15.5. The summed E-state index contributed by atoms with van der Waals surface area (Å²) in [6.45, 7) is 0. The van der Waals surface area contributed by atoms with Crippen LogP contribution in [0.3, 0.4) is 0 Å². The molecule has 1 aromatic heterocycles. The first kappa shape index (κ1) is 16.8. The minimum atomic E-state index is -0.415. The molecular formula is C14H13BrIN3O3. The molecule has 116 valence electrons. The van der Waals surface area contributed by atoms with Crippen LogP contribution in [0.5, 0.6) is 5.75 Å². The number of hydrogen-bond donors (Lipinski definition) is 2. The second-order valence-electron chi connectivity index (χ2n) is 4.56. The quantitative estimate of drug-likeness (QED) is 0.402. The Labute approximate surface area is 149 Å². The molecule has 2 aromatic rings. The van der Waals surface area contributed by atoms with Gasteiger partial charge in [0.05, 0.1) is 14.3 Å². The van der Waals surface area contributed by atoms with Crippen molar-refractivity contribution in [3.8, 4) is 5.75 Å². The molecule has 1 heterocycles. The van der Waals surface area contributed by atoms with Crippen molar-refractivity contribution in [2.75, 3.05) is 19.0 Å².